The van der Waals surface area contributed by atoms with Gasteiger partial charge >= 0.3 is 0 Å². The Labute approximate surface area is 133 Å². The topological polar surface area (TPSA) is 76.4 Å². The van der Waals surface area contributed by atoms with Gasteiger partial charge < -0.3 is 19.7 Å². The molecule has 7 heteroatoms. The molecule has 2 aromatic rings. The maximum atomic E-state index is 11.4. The van der Waals surface area contributed by atoms with Gasteiger partial charge in [-0.05, 0) is 17.7 Å². The van der Waals surface area contributed by atoms with E-state index in [-0.39, 0.29) is 12.5 Å². The minimum Gasteiger partial charge on any atom is -0.497 e. The number of amides is 1. The molecule has 6 nitrogen and oxygen atoms in total. The van der Waals surface area contributed by atoms with Crippen LogP contribution in [0.25, 0.3) is 0 Å². The molecule has 0 aliphatic rings. The molecule has 0 atom stereocenters. The standard InChI is InChI=1S/C15H19N3O3S/c1-16-14(20)10-22-15-17-12(9-19)8-18(15)7-11-3-5-13(21-2)6-4-11/h3-6,8,19H,7,9-10H2,1-2H3,(H,16,20). The molecule has 2 N–H and O–H groups in total. The fourth-order valence-corrected chi connectivity index (χ4v) is 2.76. The largest absolute Gasteiger partial charge is 0.497 e. The number of nitrogens with one attached hydrogen (secondary N) is 1. The van der Waals surface area contributed by atoms with E-state index in [1.165, 1.54) is 11.8 Å². The highest BCUT2D eigenvalue weighted by Gasteiger charge is 2.10. The van der Waals surface area contributed by atoms with Crippen molar-refractivity contribution < 1.29 is 14.6 Å². The lowest BCUT2D eigenvalue weighted by Gasteiger charge is -2.08. The van der Waals surface area contributed by atoms with Crippen molar-refractivity contribution in [2.75, 3.05) is 19.9 Å². The first-order chi connectivity index (χ1) is 10.7. The third-order valence-electron chi connectivity index (χ3n) is 3.07. The van der Waals surface area contributed by atoms with Gasteiger partial charge in [0.15, 0.2) is 5.16 Å². The van der Waals surface area contributed by atoms with Crippen molar-refractivity contribution in [1.82, 2.24) is 14.9 Å². The highest BCUT2D eigenvalue weighted by molar-refractivity contribution is 7.99. The molecule has 0 radical (unpaired) electrons. The van der Waals surface area contributed by atoms with E-state index in [0.29, 0.717) is 23.1 Å². The van der Waals surface area contributed by atoms with Crippen LogP contribution in [0, 0.1) is 0 Å². The van der Waals surface area contributed by atoms with E-state index in [1.54, 1.807) is 20.4 Å². The number of aliphatic hydroxyl groups is 1. The van der Waals surface area contributed by atoms with Crippen LogP contribution in [0.15, 0.2) is 35.6 Å². The lowest BCUT2D eigenvalue weighted by Crippen LogP contribution is -2.20. The van der Waals surface area contributed by atoms with Crippen LogP contribution in [0.3, 0.4) is 0 Å². The van der Waals surface area contributed by atoms with Crippen molar-refractivity contribution in [3.8, 4) is 5.75 Å². The number of imidazole rings is 1. The predicted octanol–water partition coefficient (Wildman–Crippen LogP) is 1.27. The molecular formula is C15H19N3O3S. The van der Waals surface area contributed by atoms with Crippen LogP contribution in [0.5, 0.6) is 5.75 Å². The van der Waals surface area contributed by atoms with E-state index in [4.69, 9.17) is 4.74 Å². The molecule has 1 amide bonds. The molecule has 0 aliphatic heterocycles. The van der Waals surface area contributed by atoms with Gasteiger partial charge in [-0.2, -0.15) is 0 Å². The van der Waals surface area contributed by atoms with E-state index >= 15 is 0 Å². The Kier molecular flexibility index (Phi) is 5.85. The molecule has 1 aromatic heterocycles. The minimum absolute atomic E-state index is 0.0606. The van der Waals surface area contributed by atoms with Gasteiger partial charge in [-0.1, -0.05) is 23.9 Å². The normalized spacial score (nSPS) is 10.5. The van der Waals surface area contributed by atoms with Gasteiger partial charge in [0.25, 0.3) is 0 Å². The zero-order valence-corrected chi connectivity index (χ0v) is 13.4. The molecule has 118 valence electrons. The average Bonchev–Trinajstić information content (AvgIpc) is 2.95. The van der Waals surface area contributed by atoms with Gasteiger partial charge in [0.1, 0.15) is 5.75 Å². The molecule has 0 aliphatic carbocycles. The number of rotatable bonds is 7. The zero-order valence-electron chi connectivity index (χ0n) is 12.6. The second-order valence-electron chi connectivity index (χ2n) is 4.61. The number of carbonyl (C=O) groups is 1. The molecule has 0 spiro atoms. The summed E-state index contributed by atoms with van der Waals surface area (Å²) < 4.78 is 7.07. The summed E-state index contributed by atoms with van der Waals surface area (Å²) in [4.78, 5) is 15.7. The summed E-state index contributed by atoms with van der Waals surface area (Å²) in [5.74, 6) is 1.04. The number of hydrogen-bond donors (Lipinski definition) is 2. The Morgan fingerprint density at radius 1 is 1.41 bits per heavy atom. The number of thioether (sulfide) groups is 1. The van der Waals surface area contributed by atoms with Crippen LogP contribution in [0.1, 0.15) is 11.3 Å². The van der Waals surface area contributed by atoms with Gasteiger partial charge in [0.2, 0.25) is 5.91 Å². The molecule has 0 bridgehead atoms. The summed E-state index contributed by atoms with van der Waals surface area (Å²) in [6.45, 7) is 0.496. The Morgan fingerprint density at radius 2 is 2.14 bits per heavy atom. The number of nitrogens with zero attached hydrogens (tertiary/aromatic N) is 2. The fraction of sp³-hybridized carbons (Fsp3) is 0.333. The minimum atomic E-state index is -0.122. The molecule has 0 saturated carbocycles. The molecule has 0 fully saturated rings. The monoisotopic (exact) mass is 321 g/mol. The van der Waals surface area contributed by atoms with E-state index < -0.39 is 0 Å². The first kappa shape index (κ1) is 16.4. The number of benzene rings is 1. The van der Waals surface area contributed by atoms with E-state index in [0.717, 1.165) is 11.3 Å². The van der Waals surface area contributed by atoms with Crippen LogP contribution in [0.4, 0.5) is 0 Å². The van der Waals surface area contributed by atoms with Gasteiger partial charge in [-0.15, -0.1) is 0 Å². The van der Waals surface area contributed by atoms with Crippen LogP contribution >= 0.6 is 11.8 Å². The molecular weight excluding hydrogens is 302 g/mol. The Hall–Kier alpha value is -1.99. The van der Waals surface area contributed by atoms with Crippen LogP contribution < -0.4 is 10.1 Å². The van der Waals surface area contributed by atoms with Crippen molar-refractivity contribution in [3.63, 3.8) is 0 Å². The number of hydrogen-bond acceptors (Lipinski definition) is 5. The summed E-state index contributed by atoms with van der Waals surface area (Å²) in [6, 6.07) is 7.75. The second kappa shape index (κ2) is 7.86. The average molecular weight is 321 g/mol. The fourth-order valence-electron chi connectivity index (χ4n) is 1.89. The van der Waals surface area contributed by atoms with Gasteiger partial charge in [-0.3, -0.25) is 4.79 Å². The maximum Gasteiger partial charge on any atom is 0.230 e. The summed E-state index contributed by atoms with van der Waals surface area (Å²) in [6.07, 6.45) is 1.80. The summed E-state index contributed by atoms with van der Waals surface area (Å²) in [5.41, 5.74) is 1.68. The van der Waals surface area contributed by atoms with E-state index in [9.17, 15) is 9.90 Å². The third kappa shape index (κ3) is 4.25. The molecule has 2 rings (SSSR count). The molecule has 22 heavy (non-hydrogen) atoms. The molecule has 1 heterocycles. The summed E-state index contributed by atoms with van der Waals surface area (Å²) in [5, 5.41) is 12.5. The Morgan fingerprint density at radius 3 is 2.73 bits per heavy atom. The van der Waals surface area contributed by atoms with Gasteiger partial charge in [0.05, 0.1) is 25.2 Å². The van der Waals surface area contributed by atoms with E-state index in [2.05, 4.69) is 10.3 Å². The Bertz CT molecular complexity index is 625. The number of carbonyl (C=O) groups excluding carboxylic acids is 1. The van der Waals surface area contributed by atoms with Crippen molar-refractivity contribution in [3.05, 3.63) is 41.7 Å². The lowest BCUT2D eigenvalue weighted by molar-refractivity contribution is -0.118. The lowest BCUT2D eigenvalue weighted by atomic mass is 10.2. The smallest absolute Gasteiger partial charge is 0.230 e. The molecule has 0 unspecified atom stereocenters. The van der Waals surface area contributed by atoms with Crippen LogP contribution in [-0.4, -0.2) is 40.5 Å². The third-order valence-corrected chi connectivity index (χ3v) is 4.07. The van der Waals surface area contributed by atoms with Crippen molar-refractivity contribution in [1.29, 1.82) is 0 Å². The summed E-state index contributed by atoms with van der Waals surface area (Å²) in [7, 11) is 3.23. The number of aliphatic hydroxyl groups excluding tert-OH is 1. The number of aromatic nitrogens is 2. The zero-order chi connectivity index (χ0) is 15.9. The maximum absolute atomic E-state index is 11.4. The first-order valence-electron chi connectivity index (χ1n) is 6.79. The predicted molar refractivity (Wildman–Crippen MR) is 85.0 cm³/mol. The number of methoxy groups -OCH3 is 1. The SMILES string of the molecule is CNC(=O)CSc1nc(CO)cn1Cc1ccc(OC)cc1. The van der Waals surface area contributed by atoms with Gasteiger partial charge in [-0.25, -0.2) is 4.98 Å². The second-order valence-corrected chi connectivity index (χ2v) is 5.55. The Balaban J connectivity index is 2.13. The van der Waals surface area contributed by atoms with Crippen molar-refractivity contribution >= 4 is 17.7 Å². The highest BCUT2D eigenvalue weighted by Crippen LogP contribution is 2.20. The van der Waals surface area contributed by atoms with Gasteiger partial charge in [0, 0.05) is 19.8 Å². The van der Waals surface area contributed by atoms with Crippen molar-refractivity contribution in [2.24, 2.45) is 0 Å². The quantitative estimate of drug-likeness (QED) is 0.751. The van der Waals surface area contributed by atoms with Crippen LogP contribution in [0.2, 0.25) is 0 Å². The van der Waals surface area contributed by atoms with E-state index in [1.807, 2.05) is 28.8 Å². The molecule has 1 aromatic carbocycles. The molecule has 0 saturated heterocycles. The van der Waals surface area contributed by atoms with Crippen LogP contribution in [-0.2, 0) is 17.9 Å². The van der Waals surface area contributed by atoms with Crippen molar-refractivity contribution in [2.45, 2.75) is 18.3 Å². The highest BCUT2D eigenvalue weighted by atomic mass is 32.2. The number of ether oxygens (including phenoxy) is 1. The summed E-state index contributed by atoms with van der Waals surface area (Å²) >= 11 is 1.35. The first-order valence-corrected chi connectivity index (χ1v) is 7.78.